The first kappa shape index (κ1) is 11.2. The van der Waals surface area contributed by atoms with Gasteiger partial charge in [-0.3, -0.25) is 0 Å². The van der Waals surface area contributed by atoms with E-state index in [4.69, 9.17) is 0 Å². The Bertz CT molecular complexity index is 360. The lowest BCUT2D eigenvalue weighted by Crippen LogP contribution is -2.28. The number of hydrogen-bond acceptors (Lipinski definition) is 4. The van der Waals surface area contributed by atoms with E-state index < -0.39 is 0 Å². The normalized spacial score (nSPS) is 14.9. The van der Waals surface area contributed by atoms with Gasteiger partial charge in [0.2, 0.25) is 5.95 Å². The lowest BCUT2D eigenvalue weighted by molar-refractivity contribution is 0.745. The summed E-state index contributed by atoms with van der Waals surface area (Å²) in [5.41, 5.74) is 1.17. The molecule has 1 aliphatic carbocycles. The van der Waals surface area contributed by atoms with Crippen molar-refractivity contribution in [3.63, 3.8) is 0 Å². The third-order valence-electron chi connectivity index (χ3n) is 2.89. The van der Waals surface area contributed by atoms with Crippen LogP contribution in [0.15, 0.2) is 6.20 Å². The van der Waals surface area contributed by atoms with E-state index in [1.807, 2.05) is 13.2 Å². The van der Waals surface area contributed by atoms with Crippen LogP contribution in [-0.4, -0.2) is 29.6 Å². The van der Waals surface area contributed by atoms with Gasteiger partial charge in [0.25, 0.3) is 0 Å². The first-order chi connectivity index (χ1) is 7.76. The molecule has 1 aliphatic rings. The molecule has 88 valence electrons. The van der Waals surface area contributed by atoms with Crippen molar-refractivity contribution in [2.24, 2.45) is 0 Å². The second kappa shape index (κ2) is 4.68. The minimum Gasteiger partial charge on any atom is -0.357 e. The molecule has 4 nitrogen and oxygen atoms in total. The molecule has 16 heavy (non-hydrogen) atoms. The van der Waals surface area contributed by atoms with E-state index in [0.29, 0.717) is 12.0 Å². The van der Waals surface area contributed by atoms with Crippen LogP contribution < -0.4 is 10.2 Å². The van der Waals surface area contributed by atoms with Crippen LogP contribution in [0, 0.1) is 6.92 Å². The summed E-state index contributed by atoms with van der Waals surface area (Å²) in [5, 5.41) is 3.00. The topological polar surface area (TPSA) is 41.1 Å². The van der Waals surface area contributed by atoms with Gasteiger partial charge in [-0.25, -0.2) is 4.98 Å². The Morgan fingerprint density at radius 2 is 2.25 bits per heavy atom. The molecular formula is C12H20N4. The summed E-state index contributed by atoms with van der Waals surface area (Å²) in [5.74, 6) is 1.81. The predicted octanol–water partition coefficient (Wildman–Crippen LogP) is 2.21. The zero-order chi connectivity index (χ0) is 11.5. The van der Waals surface area contributed by atoms with Gasteiger partial charge in [0.15, 0.2) is 0 Å². The van der Waals surface area contributed by atoms with Gasteiger partial charge in [-0.1, -0.05) is 6.92 Å². The van der Waals surface area contributed by atoms with Crippen molar-refractivity contribution < 1.29 is 0 Å². The molecule has 0 aliphatic heterocycles. The van der Waals surface area contributed by atoms with Gasteiger partial charge >= 0.3 is 0 Å². The van der Waals surface area contributed by atoms with Crippen molar-refractivity contribution in [3.8, 4) is 0 Å². The van der Waals surface area contributed by atoms with Gasteiger partial charge in [0.05, 0.1) is 0 Å². The standard InChI is InChI=1S/C12H20N4/c1-4-7-16(10-5-6-10)11-9(2)8-14-12(13-3)15-11/h8,10H,4-7H2,1-3H3,(H,13,14,15). The van der Waals surface area contributed by atoms with Gasteiger partial charge < -0.3 is 10.2 Å². The van der Waals surface area contributed by atoms with E-state index in [1.165, 1.54) is 18.4 Å². The molecule has 1 aromatic heterocycles. The van der Waals surface area contributed by atoms with Gasteiger partial charge in [-0.15, -0.1) is 0 Å². The van der Waals surface area contributed by atoms with Gasteiger partial charge in [-0.05, 0) is 26.2 Å². The Hall–Kier alpha value is -1.32. The third-order valence-corrected chi connectivity index (χ3v) is 2.89. The van der Waals surface area contributed by atoms with Crippen LogP contribution in [0.3, 0.4) is 0 Å². The van der Waals surface area contributed by atoms with Crippen LogP contribution in [0.5, 0.6) is 0 Å². The Labute approximate surface area is 97.1 Å². The van der Waals surface area contributed by atoms with Crippen molar-refractivity contribution in [2.75, 3.05) is 23.8 Å². The molecule has 4 heteroatoms. The summed E-state index contributed by atoms with van der Waals surface area (Å²) < 4.78 is 0. The highest BCUT2D eigenvalue weighted by Gasteiger charge is 2.30. The molecule has 0 saturated heterocycles. The highest BCUT2D eigenvalue weighted by atomic mass is 15.3. The molecule has 0 atom stereocenters. The molecule has 1 heterocycles. The zero-order valence-electron chi connectivity index (χ0n) is 10.3. The average Bonchev–Trinajstić information content (AvgIpc) is 3.11. The maximum atomic E-state index is 4.57. The Morgan fingerprint density at radius 3 is 2.81 bits per heavy atom. The molecular weight excluding hydrogens is 200 g/mol. The van der Waals surface area contributed by atoms with E-state index in [1.54, 1.807) is 0 Å². The first-order valence-corrected chi connectivity index (χ1v) is 6.04. The molecule has 1 fully saturated rings. The molecule has 2 rings (SSSR count). The zero-order valence-corrected chi connectivity index (χ0v) is 10.3. The fraction of sp³-hybridized carbons (Fsp3) is 0.667. The highest BCUT2D eigenvalue weighted by Crippen LogP contribution is 2.32. The highest BCUT2D eigenvalue weighted by molar-refractivity contribution is 5.50. The lowest BCUT2D eigenvalue weighted by Gasteiger charge is -2.24. The van der Waals surface area contributed by atoms with Crippen LogP contribution in [-0.2, 0) is 0 Å². The number of aryl methyl sites for hydroxylation is 1. The monoisotopic (exact) mass is 220 g/mol. The summed E-state index contributed by atoms with van der Waals surface area (Å²) in [6.45, 7) is 5.39. The quantitative estimate of drug-likeness (QED) is 0.826. The molecule has 0 radical (unpaired) electrons. The van der Waals surface area contributed by atoms with Crippen molar-refractivity contribution in [2.45, 2.75) is 39.2 Å². The molecule has 1 aromatic rings. The number of anilines is 2. The minimum absolute atomic E-state index is 0.707. The van der Waals surface area contributed by atoms with Crippen LogP contribution in [0.2, 0.25) is 0 Å². The number of aromatic nitrogens is 2. The van der Waals surface area contributed by atoms with Gasteiger partial charge in [0, 0.05) is 31.4 Å². The van der Waals surface area contributed by atoms with E-state index in [2.05, 4.69) is 34.0 Å². The fourth-order valence-corrected chi connectivity index (χ4v) is 1.93. The Balaban J connectivity index is 2.27. The molecule has 0 amide bonds. The summed E-state index contributed by atoms with van der Waals surface area (Å²) in [4.78, 5) is 11.2. The van der Waals surface area contributed by atoms with Crippen molar-refractivity contribution in [1.82, 2.24) is 9.97 Å². The van der Waals surface area contributed by atoms with Crippen molar-refractivity contribution >= 4 is 11.8 Å². The summed E-state index contributed by atoms with van der Waals surface area (Å²) in [6.07, 6.45) is 5.67. The average molecular weight is 220 g/mol. The molecule has 1 saturated carbocycles. The maximum Gasteiger partial charge on any atom is 0.224 e. The number of nitrogens with zero attached hydrogens (tertiary/aromatic N) is 3. The number of nitrogens with one attached hydrogen (secondary N) is 1. The largest absolute Gasteiger partial charge is 0.357 e. The molecule has 0 spiro atoms. The van der Waals surface area contributed by atoms with Crippen molar-refractivity contribution in [1.29, 1.82) is 0 Å². The van der Waals surface area contributed by atoms with E-state index in [-0.39, 0.29) is 0 Å². The summed E-state index contributed by atoms with van der Waals surface area (Å²) in [6, 6.07) is 0.707. The van der Waals surface area contributed by atoms with Gasteiger partial charge in [0.1, 0.15) is 5.82 Å². The predicted molar refractivity (Wildman–Crippen MR) is 67.0 cm³/mol. The smallest absolute Gasteiger partial charge is 0.224 e. The fourth-order valence-electron chi connectivity index (χ4n) is 1.93. The van der Waals surface area contributed by atoms with Crippen LogP contribution in [0.1, 0.15) is 31.7 Å². The van der Waals surface area contributed by atoms with Crippen molar-refractivity contribution in [3.05, 3.63) is 11.8 Å². The van der Waals surface area contributed by atoms with E-state index in [9.17, 15) is 0 Å². The number of rotatable bonds is 5. The molecule has 1 N–H and O–H groups in total. The molecule has 0 unspecified atom stereocenters. The van der Waals surface area contributed by atoms with Gasteiger partial charge in [-0.2, -0.15) is 4.98 Å². The second-order valence-electron chi connectivity index (χ2n) is 4.37. The van der Waals surface area contributed by atoms with E-state index >= 15 is 0 Å². The summed E-state index contributed by atoms with van der Waals surface area (Å²) in [7, 11) is 1.86. The second-order valence-corrected chi connectivity index (χ2v) is 4.37. The maximum absolute atomic E-state index is 4.57. The van der Waals surface area contributed by atoms with Crippen LogP contribution in [0.4, 0.5) is 11.8 Å². The molecule has 0 bridgehead atoms. The molecule has 0 aromatic carbocycles. The van der Waals surface area contributed by atoms with Crippen LogP contribution in [0.25, 0.3) is 0 Å². The SMILES string of the molecule is CCCN(c1nc(NC)ncc1C)C1CC1. The Morgan fingerprint density at radius 1 is 1.50 bits per heavy atom. The van der Waals surface area contributed by atoms with Crippen LogP contribution >= 0.6 is 0 Å². The van der Waals surface area contributed by atoms with E-state index in [0.717, 1.165) is 18.8 Å². The first-order valence-electron chi connectivity index (χ1n) is 6.04. The third kappa shape index (κ3) is 2.26. The number of hydrogen-bond donors (Lipinski definition) is 1. The summed E-state index contributed by atoms with van der Waals surface area (Å²) >= 11 is 0. The minimum atomic E-state index is 0.707. The lowest BCUT2D eigenvalue weighted by atomic mass is 10.3. The Kier molecular flexibility index (Phi) is 3.27.